The predicted molar refractivity (Wildman–Crippen MR) is 185 cm³/mol. The molecule has 3 aromatic rings. The van der Waals surface area contributed by atoms with Crippen molar-refractivity contribution >= 4 is 60.8 Å². The maximum Gasteiger partial charge on any atom is 0.274 e. The largest absolute Gasteiger partial charge is 0.465 e. The number of carbonyl (C=O) groups is 3. The van der Waals surface area contributed by atoms with Gasteiger partial charge in [-0.05, 0) is 86.8 Å². The first-order valence-corrected chi connectivity index (χ1v) is 19.8. The average molecular weight is 728 g/mol. The van der Waals surface area contributed by atoms with Crippen molar-refractivity contribution in [2.24, 2.45) is 17.3 Å². The zero-order chi connectivity index (χ0) is 34.3. The third-order valence-corrected chi connectivity index (χ3v) is 13.3. The van der Waals surface area contributed by atoms with Gasteiger partial charge in [-0.3, -0.25) is 19.1 Å². The van der Waals surface area contributed by atoms with Gasteiger partial charge in [0.1, 0.15) is 11.9 Å². The van der Waals surface area contributed by atoms with Crippen molar-refractivity contribution in [2.75, 3.05) is 6.54 Å². The molecule has 2 aliphatic carbocycles. The van der Waals surface area contributed by atoms with Gasteiger partial charge in [-0.1, -0.05) is 60.1 Å². The van der Waals surface area contributed by atoms with Crippen LogP contribution in [0.1, 0.15) is 69.8 Å². The minimum atomic E-state index is -3.81. The van der Waals surface area contributed by atoms with E-state index in [1.165, 1.54) is 23.5 Å². The minimum Gasteiger partial charge on any atom is -0.465 e. The molecule has 1 N–H and O–H groups in total. The van der Waals surface area contributed by atoms with E-state index in [-0.39, 0.29) is 42.8 Å². The highest BCUT2D eigenvalue weighted by Gasteiger charge is 2.61. The van der Waals surface area contributed by atoms with Gasteiger partial charge in [-0.2, -0.15) is 0 Å². The van der Waals surface area contributed by atoms with Crippen LogP contribution < -0.4 is 9.46 Å². The molecule has 2 aromatic carbocycles. The Morgan fingerprint density at radius 2 is 1.96 bits per heavy atom. The number of benzene rings is 2. The highest BCUT2D eigenvalue weighted by molar-refractivity contribution is 7.90. The SMILES string of the molecule is O=C1C[C@]2(C(=O)NS(=O)(=O)C3CC3)C[C@@H]2/C=C\CCCCC[C@H](Cc2cccc(F)c2)C(=O)N2C[C@H](Oc3nc4ccc(Cl)cc4s3)C[C@@H]12. The third kappa shape index (κ3) is 7.56. The van der Waals surface area contributed by atoms with Crippen LogP contribution in [-0.4, -0.2) is 59.8 Å². The Hall–Kier alpha value is -3.35. The summed E-state index contributed by atoms with van der Waals surface area (Å²) in [7, 11) is -3.81. The van der Waals surface area contributed by atoms with Gasteiger partial charge >= 0.3 is 0 Å². The summed E-state index contributed by atoms with van der Waals surface area (Å²) in [5, 5.41) is 0.397. The van der Waals surface area contributed by atoms with E-state index in [0.717, 1.165) is 35.9 Å². The lowest BCUT2D eigenvalue weighted by molar-refractivity contribution is -0.142. The summed E-state index contributed by atoms with van der Waals surface area (Å²) in [6, 6.07) is 10.7. The molecule has 0 spiro atoms. The summed E-state index contributed by atoms with van der Waals surface area (Å²) in [6.07, 6.45) is 9.04. The maximum absolute atomic E-state index is 14.5. The zero-order valence-electron chi connectivity index (χ0n) is 27.0. The molecule has 2 aliphatic heterocycles. The van der Waals surface area contributed by atoms with Gasteiger partial charge in [0.15, 0.2) is 5.78 Å². The van der Waals surface area contributed by atoms with E-state index in [1.807, 2.05) is 12.2 Å². The number of rotatable bonds is 7. The molecule has 1 aromatic heterocycles. The van der Waals surface area contributed by atoms with E-state index < -0.39 is 44.7 Å². The van der Waals surface area contributed by atoms with Gasteiger partial charge in [0.2, 0.25) is 21.8 Å². The molecule has 3 heterocycles. The summed E-state index contributed by atoms with van der Waals surface area (Å²) in [5.41, 5.74) is 0.230. The molecular weight excluding hydrogens is 689 g/mol. The molecule has 260 valence electrons. The number of Topliss-reactive ketones (excluding diaryl/α,β-unsaturated/α-hetero) is 1. The number of carbonyl (C=O) groups excluding carboxylic acids is 3. The minimum absolute atomic E-state index is 0.143. The normalized spacial score (nSPS) is 28.7. The Labute approximate surface area is 294 Å². The first kappa shape index (κ1) is 34.1. The number of thiazole rings is 1. The number of nitrogens with one attached hydrogen (secondary N) is 1. The molecule has 2 amide bonds. The van der Waals surface area contributed by atoms with Crippen molar-refractivity contribution in [3.63, 3.8) is 0 Å². The molecule has 5 atom stereocenters. The number of halogens is 2. The topological polar surface area (TPSA) is 123 Å². The van der Waals surface area contributed by atoms with E-state index in [4.69, 9.17) is 16.3 Å². The average Bonchev–Trinajstić information content (AvgIpc) is 3.95. The molecule has 3 fully saturated rings. The molecule has 0 bridgehead atoms. The quantitative estimate of drug-likeness (QED) is 0.280. The lowest BCUT2D eigenvalue weighted by Crippen LogP contribution is -2.46. The molecule has 0 radical (unpaired) electrons. The van der Waals surface area contributed by atoms with Crippen molar-refractivity contribution < 1.29 is 31.9 Å². The van der Waals surface area contributed by atoms with Crippen LogP contribution in [0.15, 0.2) is 54.6 Å². The Bertz CT molecular complexity index is 1910. The molecule has 9 nitrogen and oxygen atoms in total. The number of ketones is 1. The Morgan fingerprint density at radius 1 is 1.12 bits per heavy atom. The van der Waals surface area contributed by atoms with Crippen LogP contribution in [0.25, 0.3) is 10.2 Å². The van der Waals surface area contributed by atoms with Crippen molar-refractivity contribution in [1.82, 2.24) is 14.6 Å². The lowest BCUT2D eigenvalue weighted by Gasteiger charge is -2.29. The van der Waals surface area contributed by atoms with Crippen LogP contribution in [0.5, 0.6) is 5.19 Å². The third-order valence-electron chi connectivity index (χ3n) is 10.3. The smallest absolute Gasteiger partial charge is 0.274 e. The number of sulfonamides is 1. The van der Waals surface area contributed by atoms with Gasteiger partial charge in [0.25, 0.3) is 5.19 Å². The highest BCUT2D eigenvalue weighted by Crippen LogP contribution is 2.57. The van der Waals surface area contributed by atoms with Crippen molar-refractivity contribution in [3.8, 4) is 5.19 Å². The number of nitrogens with zero attached hydrogens (tertiary/aromatic N) is 2. The van der Waals surface area contributed by atoms with Crippen molar-refractivity contribution in [3.05, 3.63) is 71.0 Å². The molecule has 2 saturated carbocycles. The van der Waals surface area contributed by atoms with Crippen LogP contribution >= 0.6 is 22.9 Å². The molecular formula is C36H39ClFN3O6S2. The van der Waals surface area contributed by atoms with Gasteiger partial charge in [-0.25, -0.2) is 17.8 Å². The van der Waals surface area contributed by atoms with Gasteiger partial charge in [0, 0.05) is 23.8 Å². The lowest BCUT2D eigenvalue weighted by atomic mass is 9.90. The monoisotopic (exact) mass is 727 g/mol. The second-order valence-electron chi connectivity index (χ2n) is 14.0. The van der Waals surface area contributed by atoms with E-state index in [1.54, 1.807) is 35.2 Å². The Kier molecular flexibility index (Phi) is 9.58. The van der Waals surface area contributed by atoms with Crippen LogP contribution in [-0.2, 0) is 30.8 Å². The number of aromatic nitrogens is 1. The first-order valence-electron chi connectivity index (χ1n) is 17.0. The summed E-state index contributed by atoms with van der Waals surface area (Å²) in [4.78, 5) is 48.7. The maximum atomic E-state index is 14.5. The molecule has 49 heavy (non-hydrogen) atoms. The van der Waals surface area contributed by atoms with Crippen LogP contribution in [0.2, 0.25) is 5.02 Å². The number of allylic oxidation sites excluding steroid dienone is 2. The predicted octanol–water partition coefficient (Wildman–Crippen LogP) is 6.39. The van der Waals surface area contributed by atoms with Crippen molar-refractivity contribution in [2.45, 2.75) is 88.0 Å². The van der Waals surface area contributed by atoms with E-state index in [9.17, 15) is 27.2 Å². The van der Waals surface area contributed by atoms with Crippen LogP contribution in [0, 0.1) is 23.1 Å². The van der Waals surface area contributed by atoms with E-state index in [2.05, 4.69) is 9.71 Å². The summed E-state index contributed by atoms with van der Waals surface area (Å²) >= 11 is 7.50. The number of hydrogen-bond donors (Lipinski definition) is 1. The highest BCUT2D eigenvalue weighted by atomic mass is 35.5. The van der Waals surface area contributed by atoms with E-state index >= 15 is 0 Å². The fraction of sp³-hybridized carbons (Fsp3) is 0.500. The zero-order valence-corrected chi connectivity index (χ0v) is 29.4. The molecule has 4 aliphatic rings. The fourth-order valence-electron chi connectivity index (χ4n) is 7.34. The Balaban J connectivity index is 1.18. The van der Waals surface area contributed by atoms with Gasteiger partial charge < -0.3 is 9.64 Å². The number of hydrogen-bond acceptors (Lipinski definition) is 8. The summed E-state index contributed by atoms with van der Waals surface area (Å²) in [5.74, 6) is -2.29. The number of amides is 2. The molecule has 0 unspecified atom stereocenters. The summed E-state index contributed by atoms with van der Waals surface area (Å²) in [6.45, 7) is 0.143. The molecule has 1 saturated heterocycles. The van der Waals surface area contributed by atoms with Crippen LogP contribution in [0.3, 0.4) is 0 Å². The van der Waals surface area contributed by atoms with Crippen molar-refractivity contribution in [1.29, 1.82) is 0 Å². The van der Waals surface area contributed by atoms with Gasteiger partial charge in [0.05, 0.1) is 33.5 Å². The molecule has 7 rings (SSSR count). The molecule has 13 heteroatoms. The van der Waals surface area contributed by atoms with Gasteiger partial charge in [-0.15, -0.1) is 0 Å². The van der Waals surface area contributed by atoms with Crippen LogP contribution in [0.4, 0.5) is 4.39 Å². The second-order valence-corrected chi connectivity index (χ2v) is 17.3. The first-order chi connectivity index (χ1) is 23.5. The standard InChI is InChI=1S/C36H39ClFN3O6S2/c37-25-11-14-29-32(17-25)48-35(39-29)47-27-18-30-31(42)20-36(34(44)40-49(45,46)28-12-13-28)19-24(36)9-5-3-1-2-4-8-23(33(43)41(30)21-27)15-22-7-6-10-26(38)16-22/h5-7,9-11,14,16-17,23-24,27-28,30H,1-4,8,12-13,15,18-21H2,(H,40,44)/b9-5-/t23-,24+,27-,30+,36-/m1/s1. The van der Waals surface area contributed by atoms with E-state index in [0.29, 0.717) is 47.9 Å². The summed E-state index contributed by atoms with van der Waals surface area (Å²) < 4.78 is 49.2. The Morgan fingerprint density at radius 3 is 2.76 bits per heavy atom. The number of ether oxygens (including phenoxy) is 1. The fourth-order valence-corrected chi connectivity index (χ4v) is 9.88. The number of fused-ring (bicyclic) bond motifs is 3. The second kappa shape index (κ2) is 13.8.